The lowest BCUT2D eigenvalue weighted by atomic mass is 10.1. The van der Waals surface area contributed by atoms with Gasteiger partial charge in [-0.1, -0.05) is 12.1 Å². The predicted molar refractivity (Wildman–Crippen MR) is 135 cm³/mol. The third-order valence-electron chi connectivity index (χ3n) is 5.80. The molecule has 4 aromatic rings. The van der Waals surface area contributed by atoms with Crippen LogP contribution >= 0.6 is 11.8 Å². The topological polar surface area (TPSA) is 67.6 Å². The molecule has 7 heteroatoms. The molecular weight excluding hydrogens is 446 g/mol. The smallest absolute Gasteiger partial charge is 0.251 e. The molecule has 1 N–H and O–H groups in total. The van der Waals surface area contributed by atoms with Gasteiger partial charge in [-0.2, -0.15) is 0 Å². The summed E-state index contributed by atoms with van der Waals surface area (Å²) >= 11 is 1.70. The minimum atomic E-state index is -0.118. The van der Waals surface area contributed by atoms with Crippen molar-refractivity contribution in [1.29, 1.82) is 0 Å². The zero-order valence-corrected chi connectivity index (χ0v) is 19.7. The van der Waals surface area contributed by atoms with Crippen molar-refractivity contribution in [1.82, 2.24) is 10.3 Å². The Morgan fingerprint density at radius 1 is 1.09 bits per heavy atom. The van der Waals surface area contributed by atoms with Gasteiger partial charge in [-0.25, -0.2) is 4.98 Å². The molecule has 0 aliphatic carbocycles. The number of nitrogens with one attached hydrogen (secondary N) is 1. The number of nitrogens with zero attached hydrogens (tertiary/aromatic N) is 2. The van der Waals surface area contributed by atoms with Gasteiger partial charge in [0.05, 0.1) is 18.5 Å². The Hall–Kier alpha value is -3.71. The van der Waals surface area contributed by atoms with Crippen LogP contribution in [0.1, 0.15) is 22.3 Å². The first kappa shape index (κ1) is 22.1. The van der Waals surface area contributed by atoms with Crippen LogP contribution in [0.15, 0.2) is 88.6 Å². The molecule has 0 unspecified atom stereocenters. The summed E-state index contributed by atoms with van der Waals surface area (Å²) in [4.78, 5) is 20.2. The Bertz CT molecular complexity index is 1260. The molecule has 3 aromatic carbocycles. The molecule has 0 spiro atoms. The lowest BCUT2D eigenvalue weighted by Gasteiger charge is -2.24. The van der Waals surface area contributed by atoms with E-state index in [0.717, 1.165) is 41.2 Å². The first-order valence-electron chi connectivity index (χ1n) is 11.2. The Balaban J connectivity index is 1.32. The Labute approximate surface area is 203 Å². The molecule has 0 saturated heterocycles. The number of thioether (sulfide) groups is 1. The van der Waals surface area contributed by atoms with Crippen molar-refractivity contribution in [2.24, 2.45) is 0 Å². The van der Waals surface area contributed by atoms with Crippen molar-refractivity contribution >= 4 is 29.0 Å². The lowest BCUT2D eigenvalue weighted by Crippen LogP contribution is -2.23. The van der Waals surface area contributed by atoms with E-state index in [9.17, 15) is 4.79 Å². The highest BCUT2D eigenvalue weighted by Gasteiger charge is 2.20. The van der Waals surface area contributed by atoms with Gasteiger partial charge in [-0.3, -0.25) is 4.79 Å². The van der Waals surface area contributed by atoms with Crippen molar-refractivity contribution < 1.29 is 13.9 Å². The molecule has 1 aliphatic rings. The maximum Gasteiger partial charge on any atom is 0.251 e. The minimum absolute atomic E-state index is 0.118. The second-order valence-electron chi connectivity index (χ2n) is 7.98. The number of benzene rings is 3. The highest BCUT2D eigenvalue weighted by molar-refractivity contribution is 7.98. The highest BCUT2D eigenvalue weighted by Crippen LogP contribution is 2.37. The number of carbonyl (C=O) groups excluding carboxylic acids is 1. The first-order valence-corrected chi connectivity index (χ1v) is 12.4. The van der Waals surface area contributed by atoms with Crippen LogP contribution in [0.25, 0.3) is 11.3 Å². The fraction of sp³-hybridized carbons (Fsp3) is 0.185. The average molecular weight is 472 g/mol. The van der Waals surface area contributed by atoms with Crippen molar-refractivity contribution in [3.63, 3.8) is 0 Å². The van der Waals surface area contributed by atoms with Gasteiger partial charge in [-0.15, -0.1) is 11.8 Å². The number of fused-ring (bicyclic) bond motifs is 1. The molecular formula is C27H25N3O3S. The fourth-order valence-corrected chi connectivity index (χ4v) is 4.39. The van der Waals surface area contributed by atoms with Crippen LogP contribution in [0.2, 0.25) is 0 Å². The molecule has 34 heavy (non-hydrogen) atoms. The van der Waals surface area contributed by atoms with Crippen LogP contribution in [0.3, 0.4) is 0 Å². The van der Waals surface area contributed by atoms with E-state index in [-0.39, 0.29) is 5.91 Å². The van der Waals surface area contributed by atoms with Gasteiger partial charge in [0.25, 0.3) is 5.91 Å². The zero-order valence-electron chi connectivity index (χ0n) is 18.9. The zero-order chi connectivity index (χ0) is 23.3. The number of rotatable bonds is 6. The highest BCUT2D eigenvalue weighted by atomic mass is 32.2. The fourth-order valence-electron chi connectivity index (χ4n) is 3.98. The number of carbonyl (C=O) groups is 1. The lowest BCUT2D eigenvalue weighted by molar-refractivity contribution is 0.0950. The maximum atomic E-state index is 12.8. The standard InChI is InChI=1S/C27H25N3O3S/c1-34-23-10-3-19(4-11-23)16-29-27(31)21-7-12-24-25(15-21)32-14-2-13-30(24)22-8-5-20(6-9-22)26-17-28-18-33-26/h3-12,15,17-18H,2,13-14,16H2,1H3,(H,29,31). The van der Waals surface area contributed by atoms with E-state index in [2.05, 4.69) is 39.5 Å². The minimum Gasteiger partial charge on any atom is -0.491 e. The summed E-state index contributed by atoms with van der Waals surface area (Å²) in [6, 6.07) is 22.0. The Morgan fingerprint density at radius 3 is 2.65 bits per heavy atom. The molecule has 0 fully saturated rings. The molecule has 0 radical (unpaired) electrons. The van der Waals surface area contributed by atoms with E-state index in [1.165, 1.54) is 11.3 Å². The first-order chi connectivity index (χ1) is 16.7. The number of anilines is 2. The van der Waals surface area contributed by atoms with Crippen molar-refractivity contribution in [3.05, 3.63) is 90.4 Å². The molecule has 0 saturated carbocycles. The number of hydrogen-bond donors (Lipinski definition) is 1. The monoisotopic (exact) mass is 471 g/mol. The number of hydrogen-bond acceptors (Lipinski definition) is 6. The van der Waals surface area contributed by atoms with E-state index in [0.29, 0.717) is 24.5 Å². The van der Waals surface area contributed by atoms with Crippen LogP contribution in [0.4, 0.5) is 11.4 Å². The maximum absolute atomic E-state index is 12.8. The molecule has 1 amide bonds. The second-order valence-corrected chi connectivity index (χ2v) is 8.86. The van der Waals surface area contributed by atoms with Crippen molar-refractivity contribution in [3.8, 4) is 17.1 Å². The van der Waals surface area contributed by atoms with Gasteiger partial charge >= 0.3 is 0 Å². The van der Waals surface area contributed by atoms with Crippen LogP contribution in [0.5, 0.6) is 5.75 Å². The van der Waals surface area contributed by atoms with E-state index < -0.39 is 0 Å². The average Bonchev–Trinajstić information content (AvgIpc) is 3.35. The summed E-state index contributed by atoms with van der Waals surface area (Å²) in [6.45, 7) is 1.91. The third-order valence-corrected chi connectivity index (χ3v) is 6.55. The molecule has 1 aromatic heterocycles. The van der Waals surface area contributed by atoms with Gasteiger partial charge in [-0.05, 0) is 72.8 Å². The van der Waals surface area contributed by atoms with Crippen molar-refractivity contribution in [2.45, 2.75) is 17.9 Å². The van der Waals surface area contributed by atoms with E-state index in [4.69, 9.17) is 9.15 Å². The largest absolute Gasteiger partial charge is 0.491 e. The molecule has 6 nitrogen and oxygen atoms in total. The van der Waals surface area contributed by atoms with Crippen LogP contribution in [0, 0.1) is 0 Å². The normalized spacial score (nSPS) is 13.0. The van der Waals surface area contributed by atoms with Crippen LogP contribution < -0.4 is 15.0 Å². The summed E-state index contributed by atoms with van der Waals surface area (Å²) in [5.41, 5.74) is 4.64. The summed E-state index contributed by atoms with van der Waals surface area (Å²) in [5, 5.41) is 3.01. The molecule has 0 bridgehead atoms. The Kier molecular flexibility index (Phi) is 6.53. The molecule has 0 atom stereocenters. The van der Waals surface area contributed by atoms with E-state index in [1.54, 1.807) is 18.0 Å². The van der Waals surface area contributed by atoms with Crippen LogP contribution in [-0.2, 0) is 6.54 Å². The van der Waals surface area contributed by atoms with Gasteiger partial charge in [0, 0.05) is 34.8 Å². The summed E-state index contributed by atoms with van der Waals surface area (Å²) in [6.07, 6.45) is 6.06. The number of aromatic nitrogens is 1. The van der Waals surface area contributed by atoms with Gasteiger partial charge in [0.15, 0.2) is 12.2 Å². The SMILES string of the molecule is CSc1ccc(CNC(=O)c2ccc3c(c2)OCCCN3c2ccc(-c3cnco3)cc2)cc1. The molecule has 5 rings (SSSR count). The van der Waals surface area contributed by atoms with Gasteiger partial charge in [0.2, 0.25) is 0 Å². The molecule has 2 heterocycles. The second kappa shape index (κ2) is 10.1. The summed E-state index contributed by atoms with van der Waals surface area (Å²) < 4.78 is 11.4. The van der Waals surface area contributed by atoms with E-state index >= 15 is 0 Å². The quantitative estimate of drug-likeness (QED) is 0.353. The molecule has 1 aliphatic heterocycles. The van der Waals surface area contributed by atoms with Gasteiger partial charge in [0.1, 0.15) is 5.75 Å². The Morgan fingerprint density at radius 2 is 1.91 bits per heavy atom. The summed E-state index contributed by atoms with van der Waals surface area (Å²) in [7, 11) is 0. The van der Waals surface area contributed by atoms with Gasteiger partial charge < -0.3 is 19.4 Å². The predicted octanol–water partition coefficient (Wildman–Crippen LogP) is 5.91. The molecule has 172 valence electrons. The van der Waals surface area contributed by atoms with Crippen molar-refractivity contribution in [2.75, 3.05) is 24.3 Å². The number of amides is 1. The number of oxazole rings is 1. The number of ether oxygens (including phenoxy) is 1. The van der Waals surface area contributed by atoms with Crippen LogP contribution in [-0.4, -0.2) is 30.3 Å². The summed E-state index contributed by atoms with van der Waals surface area (Å²) in [5.74, 6) is 1.34. The third kappa shape index (κ3) is 4.79. The van der Waals surface area contributed by atoms with E-state index in [1.807, 2.05) is 48.7 Å².